The summed E-state index contributed by atoms with van der Waals surface area (Å²) in [5, 5.41) is 9.40. The zero-order chi connectivity index (χ0) is 19.7. The Bertz CT molecular complexity index is 534. The number of rotatable bonds is 4. The minimum atomic E-state index is -0.666. The summed E-state index contributed by atoms with van der Waals surface area (Å²) in [7, 11) is 0. The lowest BCUT2D eigenvalue weighted by molar-refractivity contribution is -0.143. The molecule has 3 heteroatoms. The van der Waals surface area contributed by atoms with Gasteiger partial charge in [0.15, 0.2) is 0 Å². The zero-order valence-electron chi connectivity index (χ0n) is 17.7. The van der Waals surface area contributed by atoms with Gasteiger partial charge in [-0.05, 0) is 56.1 Å². The number of piperidine rings is 1. The molecule has 1 unspecified atom stereocenters. The average molecular weight is 362 g/mol. The maximum Gasteiger partial charge on any atom is 0.230 e. The molecule has 3 nitrogen and oxygen atoms in total. The van der Waals surface area contributed by atoms with Gasteiger partial charge in [0.05, 0.1) is 12.0 Å². The summed E-state index contributed by atoms with van der Waals surface area (Å²) in [5.41, 5.74) is 2.26. The van der Waals surface area contributed by atoms with Crippen molar-refractivity contribution in [3.8, 4) is 0 Å². The second-order valence-electron chi connectivity index (χ2n) is 8.23. The molecule has 26 heavy (non-hydrogen) atoms. The van der Waals surface area contributed by atoms with Crippen LogP contribution in [0.25, 0.3) is 0 Å². The Balaban J connectivity index is 0.00000105. The average Bonchev–Trinajstić information content (AvgIpc) is 2.83. The fourth-order valence-corrected chi connectivity index (χ4v) is 3.52. The SMILES string of the molecule is CCC.CCC1=CC(C)C=CC=C1C1CCN(C(=O)C(C)(C)CO)CC1. The van der Waals surface area contributed by atoms with Gasteiger partial charge in [-0.25, -0.2) is 0 Å². The van der Waals surface area contributed by atoms with Crippen molar-refractivity contribution in [2.45, 2.75) is 67.2 Å². The largest absolute Gasteiger partial charge is 0.395 e. The smallest absolute Gasteiger partial charge is 0.230 e. The number of carbonyl (C=O) groups is 1. The molecule has 2 aliphatic rings. The molecule has 1 amide bonds. The number of hydrogen-bond donors (Lipinski definition) is 1. The molecular formula is C23H39NO2. The highest BCUT2D eigenvalue weighted by Gasteiger charge is 2.34. The maximum atomic E-state index is 12.5. The Morgan fingerprint density at radius 2 is 1.81 bits per heavy atom. The molecule has 1 aliphatic heterocycles. The highest BCUT2D eigenvalue weighted by Crippen LogP contribution is 2.34. The van der Waals surface area contributed by atoms with Gasteiger partial charge in [-0.15, -0.1) is 0 Å². The predicted molar refractivity (Wildman–Crippen MR) is 111 cm³/mol. The molecule has 1 atom stereocenters. The van der Waals surface area contributed by atoms with E-state index in [0.717, 1.165) is 32.4 Å². The lowest BCUT2D eigenvalue weighted by Gasteiger charge is -2.37. The number of aliphatic hydroxyl groups excluding tert-OH is 1. The van der Waals surface area contributed by atoms with E-state index >= 15 is 0 Å². The van der Waals surface area contributed by atoms with Gasteiger partial charge < -0.3 is 10.0 Å². The van der Waals surface area contributed by atoms with Crippen molar-refractivity contribution in [2.75, 3.05) is 19.7 Å². The van der Waals surface area contributed by atoms with Crippen molar-refractivity contribution in [3.05, 3.63) is 35.5 Å². The first-order chi connectivity index (χ1) is 12.3. The first-order valence-electron chi connectivity index (χ1n) is 10.3. The minimum absolute atomic E-state index is 0.0769. The molecule has 1 fully saturated rings. The lowest BCUT2D eigenvalue weighted by atomic mass is 9.82. The van der Waals surface area contributed by atoms with Crippen LogP contribution >= 0.6 is 0 Å². The Labute approximate surface area is 160 Å². The van der Waals surface area contributed by atoms with Crippen LogP contribution in [0.3, 0.4) is 0 Å². The molecule has 0 spiro atoms. The maximum absolute atomic E-state index is 12.5. The highest BCUT2D eigenvalue weighted by molar-refractivity contribution is 5.82. The van der Waals surface area contributed by atoms with Crippen LogP contribution in [-0.2, 0) is 4.79 Å². The van der Waals surface area contributed by atoms with E-state index in [1.54, 1.807) is 0 Å². The molecule has 148 valence electrons. The normalized spacial score (nSPS) is 21.3. The molecule has 1 N–H and O–H groups in total. The fraction of sp³-hybridized carbons (Fsp3) is 0.696. The summed E-state index contributed by atoms with van der Waals surface area (Å²) in [4.78, 5) is 14.4. The highest BCUT2D eigenvalue weighted by atomic mass is 16.3. The summed E-state index contributed by atoms with van der Waals surface area (Å²) in [6.45, 7) is 13.8. The van der Waals surface area contributed by atoms with Crippen molar-refractivity contribution >= 4 is 5.91 Å². The molecule has 2 rings (SSSR count). The van der Waals surface area contributed by atoms with Gasteiger partial charge in [0.1, 0.15) is 0 Å². The third-order valence-electron chi connectivity index (χ3n) is 5.10. The summed E-state index contributed by atoms with van der Waals surface area (Å²) in [6.07, 6.45) is 13.4. The molecule has 0 aromatic heterocycles. The van der Waals surface area contributed by atoms with Gasteiger partial charge in [0, 0.05) is 13.1 Å². The second kappa shape index (κ2) is 10.7. The van der Waals surface area contributed by atoms with Crippen molar-refractivity contribution in [2.24, 2.45) is 17.3 Å². The Morgan fingerprint density at radius 1 is 1.23 bits per heavy atom. The lowest BCUT2D eigenvalue weighted by Crippen LogP contribution is -2.46. The van der Waals surface area contributed by atoms with Crippen LogP contribution in [0.4, 0.5) is 0 Å². The van der Waals surface area contributed by atoms with Crippen LogP contribution in [0, 0.1) is 17.3 Å². The van der Waals surface area contributed by atoms with E-state index in [4.69, 9.17) is 0 Å². The molecular weight excluding hydrogens is 322 g/mol. The summed E-state index contributed by atoms with van der Waals surface area (Å²) in [6, 6.07) is 0. The van der Waals surface area contributed by atoms with Gasteiger partial charge in [-0.1, -0.05) is 58.4 Å². The van der Waals surface area contributed by atoms with Gasteiger partial charge >= 0.3 is 0 Å². The van der Waals surface area contributed by atoms with Gasteiger partial charge in [-0.3, -0.25) is 4.79 Å². The van der Waals surface area contributed by atoms with E-state index in [9.17, 15) is 9.90 Å². The van der Waals surface area contributed by atoms with Crippen molar-refractivity contribution in [1.82, 2.24) is 4.90 Å². The molecule has 1 aliphatic carbocycles. The van der Waals surface area contributed by atoms with Crippen LogP contribution in [0.15, 0.2) is 35.5 Å². The molecule has 0 aromatic rings. The quantitative estimate of drug-likeness (QED) is 0.754. The third-order valence-corrected chi connectivity index (χ3v) is 5.10. The number of likely N-dealkylation sites (tertiary alicyclic amines) is 1. The van der Waals surface area contributed by atoms with Crippen LogP contribution in [0.1, 0.15) is 67.2 Å². The summed E-state index contributed by atoms with van der Waals surface area (Å²) >= 11 is 0. The van der Waals surface area contributed by atoms with Crippen molar-refractivity contribution in [1.29, 1.82) is 0 Å². The van der Waals surface area contributed by atoms with Gasteiger partial charge in [0.2, 0.25) is 5.91 Å². The van der Waals surface area contributed by atoms with Crippen molar-refractivity contribution in [3.63, 3.8) is 0 Å². The second-order valence-corrected chi connectivity index (χ2v) is 8.23. The molecule has 0 radical (unpaired) electrons. The van der Waals surface area contributed by atoms with Crippen LogP contribution in [-0.4, -0.2) is 35.6 Å². The standard InChI is InChI=1S/C20H31NO2.C3H8/c1-5-16-13-15(2)7-6-8-18(16)17-9-11-21(12-10-17)19(23)20(3,4)14-22;1-3-2/h6-8,13,15,17,22H,5,9-12,14H2,1-4H3;3H2,1-2H3. The fourth-order valence-electron chi connectivity index (χ4n) is 3.52. The Kier molecular flexibility index (Phi) is 9.35. The van der Waals surface area contributed by atoms with Crippen LogP contribution in [0.2, 0.25) is 0 Å². The van der Waals surface area contributed by atoms with Gasteiger partial charge in [0.25, 0.3) is 0 Å². The van der Waals surface area contributed by atoms with Crippen molar-refractivity contribution < 1.29 is 9.90 Å². The predicted octanol–water partition coefficient (Wildman–Crippen LogP) is 5.13. The molecule has 0 bridgehead atoms. The number of aliphatic hydroxyl groups is 1. The monoisotopic (exact) mass is 361 g/mol. The molecule has 0 saturated carbocycles. The van der Waals surface area contributed by atoms with E-state index < -0.39 is 5.41 Å². The number of amides is 1. The van der Waals surface area contributed by atoms with Gasteiger partial charge in [-0.2, -0.15) is 0 Å². The first-order valence-corrected chi connectivity index (χ1v) is 10.3. The molecule has 0 aromatic carbocycles. The molecule has 1 heterocycles. The van der Waals surface area contributed by atoms with E-state index in [1.807, 2.05) is 18.7 Å². The Morgan fingerprint density at radius 3 is 2.31 bits per heavy atom. The number of nitrogens with zero attached hydrogens (tertiary/aromatic N) is 1. The topological polar surface area (TPSA) is 40.5 Å². The van der Waals surface area contributed by atoms with E-state index in [2.05, 4.69) is 52.0 Å². The van der Waals surface area contributed by atoms with E-state index in [0.29, 0.717) is 11.8 Å². The van der Waals surface area contributed by atoms with Crippen LogP contribution in [0.5, 0.6) is 0 Å². The Hall–Kier alpha value is -1.35. The zero-order valence-corrected chi connectivity index (χ0v) is 17.7. The van der Waals surface area contributed by atoms with E-state index in [1.165, 1.54) is 17.6 Å². The minimum Gasteiger partial charge on any atom is -0.395 e. The number of allylic oxidation sites excluding steroid dienone is 6. The number of hydrogen-bond acceptors (Lipinski definition) is 2. The first kappa shape index (κ1) is 22.7. The third kappa shape index (κ3) is 6.12. The summed E-state index contributed by atoms with van der Waals surface area (Å²) in [5.74, 6) is 1.11. The molecule has 1 saturated heterocycles. The summed E-state index contributed by atoms with van der Waals surface area (Å²) < 4.78 is 0. The van der Waals surface area contributed by atoms with E-state index in [-0.39, 0.29) is 12.5 Å². The number of carbonyl (C=O) groups excluding carboxylic acids is 1. The van der Waals surface area contributed by atoms with Crippen LogP contribution < -0.4 is 0 Å².